The van der Waals surface area contributed by atoms with Crippen molar-refractivity contribution in [1.29, 1.82) is 0 Å². The van der Waals surface area contributed by atoms with E-state index in [0.29, 0.717) is 32.1 Å². The first-order valence-corrected chi connectivity index (χ1v) is 15.4. The molecule has 0 atom stereocenters. The number of thiazole rings is 1. The lowest BCUT2D eigenvalue weighted by Crippen LogP contribution is -2.38. The van der Waals surface area contributed by atoms with E-state index in [4.69, 9.17) is 4.98 Å². The number of rotatable bonds is 5. The van der Waals surface area contributed by atoms with E-state index in [1.807, 2.05) is 18.2 Å². The van der Waals surface area contributed by atoms with Crippen LogP contribution in [-0.2, 0) is 20.0 Å². The molecule has 0 spiro atoms. The Bertz CT molecular complexity index is 1340. The van der Waals surface area contributed by atoms with Crippen LogP contribution in [0.2, 0.25) is 0 Å². The molecule has 3 aromatic rings. The van der Waals surface area contributed by atoms with Gasteiger partial charge in [0.15, 0.2) is 0 Å². The van der Waals surface area contributed by atoms with Crippen LogP contribution in [0, 0.1) is 5.92 Å². The molecule has 182 valence electrons. The van der Waals surface area contributed by atoms with Gasteiger partial charge in [-0.1, -0.05) is 19.1 Å². The van der Waals surface area contributed by atoms with Crippen LogP contribution in [0.25, 0.3) is 10.2 Å². The summed E-state index contributed by atoms with van der Waals surface area (Å²) in [7, 11) is -7.28. The van der Waals surface area contributed by atoms with Gasteiger partial charge in [0.1, 0.15) is 0 Å². The van der Waals surface area contributed by atoms with Crippen LogP contribution in [0.4, 0.5) is 0 Å². The summed E-state index contributed by atoms with van der Waals surface area (Å²) in [4.78, 5) is 5.03. The summed E-state index contributed by atoms with van der Waals surface area (Å²) in [6.45, 7) is 4.00. The van der Waals surface area contributed by atoms with Crippen molar-refractivity contribution in [3.8, 4) is 0 Å². The smallest absolute Gasteiger partial charge is 0.241 e. The third kappa shape index (κ3) is 4.54. The van der Waals surface area contributed by atoms with Gasteiger partial charge in [0.05, 0.1) is 25.0 Å². The Hall–Kier alpha value is -1.85. The largest absolute Gasteiger partial charge is 0.243 e. The molecule has 10 heteroatoms. The highest BCUT2D eigenvalue weighted by Crippen LogP contribution is 2.35. The van der Waals surface area contributed by atoms with Crippen molar-refractivity contribution in [1.82, 2.24) is 13.6 Å². The molecule has 2 saturated heterocycles. The van der Waals surface area contributed by atoms with Crippen molar-refractivity contribution in [3.63, 3.8) is 0 Å². The predicted molar refractivity (Wildman–Crippen MR) is 134 cm³/mol. The summed E-state index contributed by atoms with van der Waals surface area (Å²) >= 11 is 1.68. The van der Waals surface area contributed by atoms with Crippen LogP contribution < -0.4 is 0 Å². The number of hydrogen-bond donors (Lipinski definition) is 0. The fourth-order valence-corrected chi connectivity index (χ4v) is 8.79. The molecule has 2 aromatic carbocycles. The minimum Gasteiger partial charge on any atom is -0.241 e. The molecule has 0 saturated carbocycles. The molecule has 2 aliphatic rings. The van der Waals surface area contributed by atoms with Crippen molar-refractivity contribution in [3.05, 3.63) is 53.5 Å². The van der Waals surface area contributed by atoms with E-state index in [0.717, 1.165) is 40.9 Å². The Morgan fingerprint density at radius 3 is 1.79 bits per heavy atom. The van der Waals surface area contributed by atoms with E-state index in [9.17, 15) is 16.8 Å². The molecule has 0 bridgehead atoms. The minimum atomic E-state index is -3.68. The molecular weight excluding hydrogens is 490 g/mol. The van der Waals surface area contributed by atoms with Gasteiger partial charge in [-0.15, -0.1) is 11.3 Å². The van der Waals surface area contributed by atoms with Gasteiger partial charge < -0.3 is 0 Å². The number of sulfonamides is 2. The maximum absolute atomic E-state index is 13.2. The quantitative estimate of drug-likeness (QED) is 0.502. The first kappa shape index (κ1) is 23.9. The Morgan fingerprint density at radius 1 is 0.765 bits per heavy atom. The Balaban J connectivity index is 1.27. The first-order chi connectivity index (χ1) is 16.2. The summed E-state index contributed by atoms with van der Waals surface area (Å²) in [5.41, 5.74) is 0.992. The molecule has 3 heterocycles. The minimum absolute atomic E-state index is 0.136. The number of hydrogen-bond acceptors (Lipinski definition) is 6. The maximum atomic E-state index is 13.2. The van der Waals surface area contributed by atoms with Crippen LogP contribution in [0.5, 0.6) is 0 Å². The fraction of sp³-hybridized carbons (Fsp3) is 0.458. The average molecular weight is 520 g/mol. The highest BCUT2D eigenvalue weighted by atomic mass is 32.2. The topological polar surface area (TPSA) is 87.7 Å². The zero-order valence-corrected chi connectivity index (χ0v) is 21.6. The molecule has 34 heavy (non-hydrogen) atoms. The number of aromatic nitrogens is 1. The average Bonchev–Trinajstić information content (AvgIpc) is 3.29. The molecule has 1 aromatic heterocycles. The normalized spacial score (nSPS) is 20.1. The molecule has 2 fully saturated rings. The van der Waals surface area contributed by atoms with Crippen LogP contribution in [0.15, 0.2) is 58.3 Å². The van der Waals surface area contributed by atoms with E-state index < -0.39 is 20.0 Å². The van der Waals surface area contributed by atoms with E-state index in [1.165, 1.54) is 32.9 Å². The zero-order chi connectivity index (χ0) is 23.9. The Kier molecular flexibility index (Phi) is 6.54. The molecule has 0 N–H and O–H groups in total. The van der Waals surface area contributed by atoms with Gasteiger partial charge >= 0.3 is 0 Å². The lowest BCUT2D eigenvalue weighted by atomic mass is 9.99. The summed E-state index contributed by atoms with van der Waals surface area (Å²) in [6.07, 6.45) is 3.13. The van der Waals surface area contributed by atoms with E-state index >= 15 is 0 Å². The number of para-hydroxylation sites is 1. The Labute approximate surface area is 205 Å². The second kappa shape index (κ2) is 9.31. The fourth-order valence-electron chi connectivity index (χ4n) is 4.71. The van der Waals surface area contributed by atoms with Gasteiger partial charge in [0.25, 0.3) is 0 Å². The van der Waals surface area contributed by atoms with Gasteiger partial charge in [-0.05, 0) is 68.0 Å². The van der Waals surface area contributed by atoms with E-state index in [1.54, 1.807) is 11.3 Å². The van der Waals surface area contributed by atoms with Gasteiger partial charge in [-0.25, -0.2) is 21.8 Å². The van der Waals surface area contributed by atoms with Crippen molar-refractivity contribution < 1.29 is 16.8 Å². The Morgan fingerprint density at radius 2 is 1.26 bits per heavy atom. The molecule has 0 amide bonds. The van der Waals surface area contributed by atoms with Crippen molar-refractivity contribution in [2.45, 2.75) is 48.3 Å². The molecule has 7 nitrogen and oxygen atoms in total. The van der Waals surface area contributed by atoms with Crippen molar-refractivity contribution in [2.24, 2.45) is 5.92 Å². The lowest BCUT2D eigenvalue weighted by Gasteiger charge is -2.30. The predicted octanol–water partition coefficient (Wildman–Crippen LogP) is 4.29. The summed E-state index contributed by atoms with van der Waals surface area (Å²) in [5, 5.41) is 1.07. The van der Waals surface area contributed by atoms with Gasteiger partial charge in [0.2, 0.25) is 20.0 Å². The highest BCUT2D eigenvalue weighted by molar-refractivity contribution is 7.89. The van der Waals surface area contributed by atoms with Crippen LogP contribution in [0.3, 0.4) is 0 Å². The van der Waals surface area contributed by atoms with Crippen molar-refractivity contribution >= 4 is 41.6 Å². The van der Waals surface area contributed by atoms with E-state index in [-0.39, 0.29) is 15.7 Å². The van der Waals surface area contributed by atoms with Crippen LogP contribution in [0.1, 0.15) is 43.5 Å². The van der Waals surface area contributed by atoms with E-state index in [2.05, 4.69) is 13.0 Å². The second-order valence-electron chi connectivity index (χ2n) is 9.26. The third-order valence-corrected chi connectivity index (χ3v) is 12.0. The number of nitrogens with zero attached hydrogens (tertiary/aromatic N) is 3. The third-order valence-electron chi connectivity index (χ3n) is 6.96. The van der Waals surface area contributed by atoms with Crippen LogP contribution in [-0.4, -0.2) is 56.6 Å². The lowest BCUT2D eigenvalue weighted by molar-refractivity contribution is 0.288. The monoisotopic (exact) mass is 519 g/mol. The van der Waals surface area contributed by atoms with Gasteiger partial charge in [-0.2, -0.15) is 8.61 Å². The standard InChI is InChI=1S/C24H29N3O4S3/c1-18-10-14-26(15-11-18)33(28,29)20-6-8-21(9-7-20)34(30,31)27-16-12-19(13-17-27)24-25-22-4-2-3-5-23(22)32-24/h2-9,18-19H,10-17H2,1H3. The molecule has 5 rings (SSSR count). The first-order valence-electron chi connectivity index (χ1n) is 11.7. The maximum Gasteiger partial charge on any atom is 0.243 e. The SMILES string of the molecule is CC1CCN(S(=O)(=O)c2ccc(S(=O)(=O)N3CCC(c4nc5ccccc5s4)CC3)cc2)CC1. The number of piperidine rings is 2. The second-order valence-corrected chi connectivity index (χ2v) is 14.2. The van der Waals surface area contributed by atoms with Gasteiger partial charge in [0, 0.05) is 32.1 Å². The summed E-state index contributed by atoms with van der Waals surface area (Å²) in [6, 6.07) is 13.7. The summed E-state index contributed by atoms with van der Waals surface area (Å²) in [5.74, 6) is 0.779. The molecule has 0 unspecified atom stereocenters. The molecule has 0 radical (unpaired) electrons. The molecule has 0 aliphatic carbocycles. The number of fused-ring (bicyclic) bond motifs is 1. The summed E-state index contributed by atoms with van der Waals surface area (Å²) < 4.78 is 56.5. The number of benzene rings is 2. The zero-order valence-electron chi connectivity index (χ0n) is 19.1. The highest BCUT2D eigenvalue weighted by Gasteiger charge is 2.32. The van der Waals surface area contributed by atoms with Gasteiger partial charge in [-0.3, -0.25) is 0 Å². The molecular formula is C24H29N3O4S3. The van der Waals surface area contributed by atoms with Crippen LogP contribution >= 0.6 is 11.3 Å². The van der Waals surface area contributed by atoms with Crippen molar-refractivity contribution in [2.75, 3.05) is 26.2 Å². The molecule has 2 aliphatic heterocycles.